The summed E-state index contributed by atoms with van der Waals surface area (Å²) in [7, 11) is 2.07. The van der Waals surface area contributed by atoms with Gasteiger partial charge in [0.2, 0.25) is 0 Å². The molecule has 1 N–H and O–H groups in total. The second-order valence-electron chi connectivity index (χ2n) is 5.09. The lowest BCUT2D eigenvalue weighted by Gasteiger charge is -2.28. The Kier molecular flexibility index (Phi) is 4.98. The Hall–Kier alpha value is -0.640. The highest BCUT2D eigenvalue weighted by Gasteiger charge is 2.14. The molecule has 0 radical (unpaired) electrons. The van der Waals surface area contributed by atoms with Gasteiger partial charge in [0.25, 0.3) is 0 Å². The molecule has 1 aromatic rings. The predicted octanol–water partition coefficient (Wildman–Crippen LogP) is 3.05. The second kappa shape index (κ2) is 6.50. The molecular formula is C14H20ClFN2. The Bertz CT molecular complexity index is 391. The summed E-state index contributed by atoms with van der Waals surface area (Å²) in [6.07, 6.45) is 3.82. The molecule has 1 aliphatic rings. The van der Waals surface area contributed by atoms with Crippen molar-refractivity contribution in [1.29, 1.82) is 0 Å². The zero-order valence-corrected chi connectivity index (χ0v) is 11.5. The molecule has 0 aromatic heterocycles. The van der Waals surface area contributed by atoms with E-state index in [-0.39, 0.29) is 10.8 Å². The number of hydrogen-bond acceptors (Lipinski definition) is 2. The Balaban J connectivity index is 1.85. The fourth-order valence-electron chi connectivity index (χ4n) is 2.47. The van der Waals surface area contributed by atoms with Gasteiger partial charge in [0.05, 0.1) is 5.02 Å². The summed E-state index contributed by atoms with van der Waals surface area (Å²) in [5, 5.41) is 3.71. The highest BCUT2D eigenvalue weighted by Crippen LogP contribution is 2.17. The lowest BCUT2D eigenvalue weighted by Crippen LogP contribution is -2.42. The van der Waals surface area contributed by atoms with Gasteiger partial charge in [-0.15, -0.1) is 0 Å². The number of piperidine rings is 1. The van der Waals surface area contributed by atoms with Gasteiger partial charge in [-0.2, -0.15) is 0 Å². The maximum absolute atomic E-state index is 13.3. The molecule has 1 saturated heterocycles. The summed E-state index contributed by atoms with van der Waals surface area (Å²) in [6.45, 7) is 2.88. The number of halogens is 2. The zero-order valence-electron chi connectivity index (χ0n) is 10.8. The number of hydrogen-bond donors (Lipinski definition) is 1. The average Bonchev–Trinajstić information content (AvgIpc) is 2.35. The number of benzene rings is 1. The predicted molar refractivity (Wildman–Crippen MR) is 73.4 cm³/mol. The van der Waals surface area contributed by atoms with E-state index in [4.69, 9.17) is 11.6 Å². The summed E-state index contributed by atoms with van der Waals surface area (Å²) in [5.74, 6) is -0.335. The number of likely N-dealkylation sites (N-methyl/N-ethyl adjacent to an activating group) is 1. The van der Waals surface area contributed by atoms with Crippen LogP contribution in [0.2, 0.25) is 5.02 Å². The number of rotatable bonds is 4. The highest BCUT2D eigenvalue weighted by atomic mass is 35.5. The van der Waals surface area contributed by atoms with E-state index in [1.165, 1.54) is 25.3 Å². The van der Waals surface area contributed by atoms with Crippen molar-refractivity contribution in [2.75, 3.05) is 20.1 Å². The van der Waals surface area contributed by atoms with Gasteiger partial charge in [-0.1, -0.05) is 24.1 Å². The van der Waals surface area contributed by atoms with Crippen LogP contribution in [-0.4, -0.2) is 31.1 Å². The van der Waals surface area contributed by atoms with E-state index in [0.717, 1.165) is 25.2 Å². The van der Waals surface area contributed by atoms with Crippen LogP contribution in [0.5, 0.6) is 0 Å². The van der Waals surface area contributed by atoms with Crippen molar-refractivity contribution in [3.05, 3.63) is 34.6 Å². The number of nitrogens with zero attached hydrogens (tertiary/aromatic N) is 1. The third-order valence-corrected chi connectivity index (χ3v) is 3.69. The van der Waals surface area contributed by atoms with Gasteiger partial charge in [-0.25, -0.2) is 4.39 Å². The maximum Gasteiger partial charge on any atom is 0.142 e. The van der Waals surface area contributed by atoms with Crippen LogP contribution in [0.1, 0.15) is 24.8 Å². The Morgan fingerprint density at radius 3 is 2.94 bits per heavy atom. The summed E-state index contributed by atoms with van der Waals surface area (Å²) in [4.78, 5) is 2.23. The van der Waals surface area contributed by atoms with Crippen molar-refractivity contribution in [2.45, 2.75) is 31.8 Å². The van der Waals surface area contributed by atoms with Crippen LogP contribution in [0.3, 0.4) is 0 Å². The lowest BCUT2D eigenvalue weighted by atomic mass is 10.0. The average molecular weight is 271 g/mol. The largest absolute Gasteiger partial charge is 0.313 e. The van der Waals surface area contributed by atoms with Gasteiger partial charge in [-0.05, 0) is 44.1 Å². The van der Waals surface area contributed by atoms with Gasteiger partial charge in [0.1, 0.15) is 5.82 Å². The van der Waals surface area contributed by atoms with Crippen molar-refractivity contribution in [2.24, 2.45) is 0 Å². The molecule has 1 fully saturated rings. The molecule has 1 aromatic carbocycles. The molecule has 1 aliphatic heterocycles. The SMILES string of the molecule is CN(Cc1ccc(Cl)c(F)c1)CC1CCCCN1. The van der Waals surface area contributed by atoms with Crippen molar-refractivity contribution in [3.63, 3.8) is 0 Å². The molecule has 0 spiro atoms. The Labute approximate surface area is 113 Å². The highest BCUT2D eigenvalue weighted by molar-refractivity contribution is 6.30. The van der Waals surface area contributed by atoms with Crippen molar-refractivity contribution < 1.29 is 4.39 Å². The Morgan fingerprint density at radius 2 is 2.28 bits per heavy atom. The molecule has 2 rings (SSSR count). The molecule has 0 aliphatic carbocycles. The van der Waals surface area contributed by atoms with Crippen molar-refractivity contribution in [3.8, 4) is 0 Å². The standard InChI is InChI=1S/C14H20ClFN2/c1-18(10-12-4-2-3-7-17-12)9-11-5-6-13(15)14(16)8-11/h5-6,8,12,17H,2-4,7,9-10H2,1H3. The molecule has 2 nitrogen and oxygen atoms in total. The van der Waals surface area contributed by atoms with Crippen LogP contribution >= 0.6 is 11.6 Å². The van der Waals surface area contributed by atoms with Gasteiger partial charge in [0.15, 0.2) is 0 Å². The van der Waals surface area contributed by atoms with Crippen LogP contribution in [0.4, 0.5) is 4.39 Å². The van der Waals surface area contributed by atoms with E-state index in [2.05, 4.69) is 17.3 Å². The van der Waals surface area contributed by atoms with E-state index in [1.54, 1.807) is 6.07 Å². The van der Waals surface area contributed by atoms with E-state index < -0.39 is 0 Å². The first kappa shape index (κ1) is 13.8. The van der Waals surface area contributed by atoms with Crippen LogP contribution < -0.4 is 5.32 Å². The van der Waals surface area contributed by atoms with Crippen molar-refractivity contribution in [1.82, 2.24) is 10.2 Å². The smallest absolute Gasteiger partial charge is 0.142 e. The van der Waals surface area contributed by atoms with E-state index in [1.807, 2.05) is 6.07 Å². The lowest BCUT2D eigenvalue weighted by molar-refractivity contribution is 0.256. The van der Waals surface area contributed by atoms with E-state index >= 15 is 0 Å². The first-order valence-electron chi connectivity index (χ1n) is 6.51. The minimum atomic E-state index is -0.335. The van der Waals surface area contributed by atoms with E-state index in [9.17, 15) is 4.39 Å². The molecule has 0 bridgehead atoms. The molecule has 1 unspecified atom stereocenters. The topological polar surface area (TPSA) is 15.3 Å². The minimum Gasteiger partial charge on any atom is -0.313 e. The number of nitrogens with one attached hydrogen (secondary N) is 1. The fraction of sp³-hybridized carbons (Fsp3) is 0.571. The monoisotopic (exact) mass is 270 g/mol. The van der Waals surface area contributed by atoms with E-state index in [0.29, 0.717) is 6.04 Å². The van der Waals surface area contributed by atoms with Gasteiger partial charge >= 0.3 is 0 Å². The minimum absolute atomic E-state index is 0.190. The van der Waals surface area contributed by atoms with Gasteiger partial charge < -0.3 is 10.2 Å². The van der Waals surface area contributed by atoms with Crippen LogP contribution in [0.25, 0.3) is 0 Å². The molecule has 18 heavy (non-hydrogen) atoms. The molecule has 0 saturated carbocycles. The van der Waals surface area contributed by atoms with Crippen LogP contribution in [0.15, 0.2) is 18.2 Å². The third-order valence-electron chi connectivity index (χ3n) is 3.38. The van der Waals surface area contributed by atoms with Crippen LogP contribution in [-0.2, 0) is 6.54 Å². The molecule has 1 atom stereocenters. The van der Waals surface area contributed by atoms with Gasteiger partial charge in [0, 0.05) is 19.1 Å². The molecule has 1 heterocycles. The summed E-state index contributed by atoms with van der Waals surface area (Å²) < 4.78 is 13.3. The summed E-state index contributed by atoms with van der Waals surface area (Å²) in [6, 6.07) is 5.60. The fourth-order valence-corrected chi connectivity index (χ4v) is 2.59. The zero-order chi connectivity index (χ0) is 13.0. The first-order chi connectivity index (χ1) is 8.65. The second-order valence-corrected chi connectivity index (χ2v) is 5.50. The molecule has 4 heteroatoms. The summed E-state index contributed by atoms with van der Waals surface area (Å²) >= 11 is 5.67. The molecule has 0 amide bonds. The van der Waals surface area contributed by atoms with Crippen LogP contribution in [0, 0.1) is 5.82 Å². The molecule has 100 valence electrons. The normalized spacial score (nSPS) is 20.3. The maximum atomic E-state index is 13.3. The third kappa shape index (κ3) is 3.94. The summed E-state index contributed by atoms with van der Waals surface area (Å²) in [5.41, 5.74) is 0.968. The first-order valence-corrected chi connectivity index (χ1v) is 6.89. The Morgan fingerprint density at radius 1 is 1.44 bits per heavy atom. The quantitative estimate of drug-likeness (QED) is 0.905. The van der Waals surface area contributed by atoms with Gasteiger partial charge in [-0.3, -0.25) is 0 Å². The van der Waals surface area contributed by atoms with Crippen molar-refractivity contribution >= 4 is 11.6 Å². The molecular weight excluding hydrogens is 251 g/mol.